The summed E-state index contributed by atoms with van der Waals surface area (Å²) in [6.07, 6.45) is -5.86. The second-order valence-electron chi connectivity index (χ2n) is 11.4. The van der Waals surface area contributed by atoms with Gasteiger partial charge in [-0.05, 0) is 27.7 Å². The summed E-state index contributed by atoms with van der Waals surface area (Å²) in [4.78, 5) is 0. The van der Waals surface area contributed by atoms with Crippen molar-refractivity contribution in [2.24, 2.45) is 0 Å². The molecule has 4 heterocycles. The molecule has 0 aromatic carbocycles. The van der Waals surface area contributed by atoms with Gasteiger partial charge in [0.05, 0.1) is 48.8 Å². The fourth-order valence-corrected chi connectivity index (χ4v) is 6.33. The van der Waals surface area contributed by atoms with E-state index >= 15 is 0 Å². The molecule has 13 nitrogen and oxygen atoms in total. The summed E-state index contributed by atoms with van der Waals surface area (Å²) >= 11 is 0. The fourth-order valence-electron chi connectivity index (χ4n) is 6.33. The number of aliphatic hydroxyl groups excluding tert-OH is 2. The van der Waals surface area contributed by atoms with Gasteiger partial charge in [-0.15, -0.1) is 0 Å². The van der Waals surface area contributed by atoms with Crippen LogP contribution in [0.5, 0.6) is 0 Å². The van der Waals surface area contributed by atoms with Crippen molar-refractivity contribution in [2.75, 3.05) is 28.4 Å². The topological polar surface area (TPSA) is 142 Å². The lowest BCUT2D eigenvalue weighted by atomic mass is 9.98. The molecule has 0 radical (unpaired) electrons. The molecule has 4 rings (SSSR count). The first-order valence-electron chi connectivity index (χ1n) is 14.6. The van der Waals surface area contributed by atoms with Gasteiger partial charge in [0.25, 0.3) is 0 Å². The predicted molar refractivity (Wildman–Crippen MR) is 142 cm³/mol. The molecule has 41 heavy (non-hydrogen) atoms. The van der Waals surface area contributed by atoms with Crippen molar-refractivity contribution in [2.45, 2.75) is 152 Å². The minimum Gasteiger partial charge on any atom is -0.388 e. The predicted octanol–water partition coefficient (Wildman–Crippen LogP) is 1.09. The second-order valence-corrected chi connectivity index (χ2v) is 11.4. The van der Waals surface area contributed by atoms with Crippen molar-refractivity contribution in [1.29, 1.82) is 0 Å². The molecule has 16 atom stereocenters. The Hall–Kier alpha value is -0.520. The highest BCUT2D eigenvalue weighted by molar-refractivity contribution is 4.90. The van der Waals surface area contributed by atoms with Crippen LogP contribution in [0.15, 0.2) is 0 Å². The molecule has 0 aromatic rings. The zero-order chi connectivity index (χ0) is 29.8. The summed E-state index contributed by atoms with van der Waals surface area (Å²) < 4.78 is 65.6. The van der Waals surface area contributed by atoms with Crippen molar-refractivity contribution in [3.8, 4) is 0 Å². The molecule has 0 saturated carbocycles. The molecule has 0 spiro atoms. The van der Waals surface area contributed by atoms with Crippen LogP contribution in [-0.2, 0) is 52.1 Å². The van der Waals surface area contributed by atoms with Crippen molar-refractivity contribution in [1.82, 2.24) is 0 Å². The van der Waals surface area contributed by atoms with E-state index in [-0.39, 0.29) is 42.7 Å². The lowest BCUT2D eigenvalue weighted by Crippen LogP contribution is -2.57. The maximum absolute atomic E-state index is 10.3. The summed E-state index contributed by atoms with van der Waals surface area (Å²) in [6, 6.07) is 0. The molecule has 0 bridgehead atoms. The van der Waals surface area contributed by atoms with Crippen LogP contribution in [-0.4, -0.2) is 137 Å². The molecule has 4 aliphatic rings. The number of hydrogen-bond acceptors (Lipinski definition) is 13. The SMILES string of the molecule is CO[C@H]1C[C@H](O[C@H]2[C@H](C)O[C@@H](O[C@H]3[C@H](C)O[C@@H](O[C@H]4[C@H](C)O[C@@H](O)C[C@@H]4OC)C[C@@H]3OC)C[C@@H]2OC)O[C@@H](C)[C@@H]1O. The Morgan fingerprint density at radius 3 is 1.22 bits per heavy atom. The molecule has 0 aliphatic carbocycles. The first-order chi connectivity index (χ1) is 19.6. The zero-order valence-electron chi connectivity index (χ0n) is 25.5. The van der Waals surface area contributed by atoms with E-state index in [0.717, 1.165) is 0 Å². The maximum Gasteiger partial charge on any atom is 0.161 e. The van der Waals surface area contributed by atoms with Gasteiger partial charge in [-0.1, -0.05) is 0 Å². The van der Waals surface area contributed by atoms with Gasteiger partial charge in [-0.2, -0.15) is 0 Å². The van der Waals surface area contributed by atoms with E-state index < -0.39 is 55.7 Å². The van der Waals surface area contributed by atoms with Crippen LogP contribution in [0.2, 0.25) is 0 Å². The lowest BCUT2D eigenvalue weighted by Gasteiger charge is -2.46. The molecule has 240 valence electrons. The zero-order valence-corrected chi connectivity index (χ0v) is 25.5. The summed E-state index contributed by atoms with van der Waals surface area (Å²) in [6.45, 7) is 7.47. The average Bonchev–Trinajstić information content (AvgIpc) is 2.94. The molecule has 4 fully saturated rings. The van der Waals surface area contributed by atoms with Crippen LogP contribution in [0.3, 0.4) is 0 Å². The third-order valence-corrected chi connectivity index (χ3v) is 8.67. The van der Waals surface area contributed by atoms with Crippen LogP contribution >= 0.6 is 0 Å². The van der Waals surface area contributed by atoms with Crippen LogP contribution in [0.4, 0.5) is 0 Å². The van der Waals surface area contributed by atoms with E-state index in [2.05, 4.69) is 0 Å². The van der Waals surface area contributed by atoms with Gasteiger partial charge in [0.15, 0.2) is 25.2 Å². The molecule has 0 unspecified atom stereocenters. The summed E-state index contributed by atoms with van der Waals surface area (Å²) in [7, 11) is 6.43. The molecule has 2 N–H and O–H groups in total. The highest BCUT2D eigenvalue weighted by Crippen LogP contribution is 2.35. The average molecular weight is 595 g/mol. The van der Waals surface area contributed by atoms with E-state index in [4.69, 9.17) is 52.1 Å². The Kier molecular flexibility index (Phi) is 12.2. The standard InChI is InChI=1S/C28H50O13/c1-13-25(30)17(31-5)10-22(36-13)39-27-15(3)38-24(12-19(27)33-7)41-28-16(4)37-23(11-20(28)34-8)40-26-14(2)35-21(29)9-18(26)32-6/h13-30H,9-12H2,1-8H3/t13-,14-,15-,16-,17-,18-,19-,20-,21+,22-,23-,24-,25-,26-,27-,28-/m0/s1. The van der Waals surface area contributed by atoms with E-state index in [0.29, 0.717) is 25.7 Å². The van der Waals surface area contributed by atoms with Gasteiger partial charge in [0, 0.05) is 54.1 Å². The Morgan fingerprint density at radius 1 is 0.463 bits per heavy atom. The van der Waals surface area contributed by atoms with Crippen LogP contribution < -0.4 is 0 Å². The van der Waals surface area contributed by atoms with E-state index in [1.54, 1.807) is 35.4 Å². The van der Waals surface area contributed by atoms with E-state index in [1.165, 1.54) is 0 Å². The molecule has 0 aromatic heterocycles. The Morgan fingerprint density at radius 2 is 0.805 bits per heavy atom. The first-order valence-corrected chi connectivity index (χ1v) is 14.6. The van der Waals surface area contributed by atoms with Crippen molar-refractivity contribution in [3.63, 3.8) is 0 Å². The van der Waals surface area contributed by atoms with E-state index in [9.17, 15) is 10.2 Å². The molecular weight excluding hydrogens is 544 g/mol. The Balaban J connectivity index is 1.33. The summed E-state index contributed by atoms with van der Waals surface area (Å²) in [5.74, 6) is 0. The van der Waals surface area contributed by atoms with Gasteiger partial charge >= 0.3 is 0 Å². The normalized spacial score (nSPS) is 49.6. The molecular formula is C28H50O13. The Bertz CT molecular complexity index is 790. The van der Waals surface area contributed by atoms with E-state index in [1.807, 2.05) is 20.8 Å². The number of aliphatic hydroxyl groups is 2. The van der Waals surface area contributed by atoms with Crippen molar-refractivity contribution < 1.29 is 62.3 Å². The number of rotatable bonds is 10. The van der Waals surface area contributed by atoms with Crippen LogP contribution in [0.25, 0.3) is 0 Å². The maximum atomic E-state index is 10.3. The number of ether oxygens (including phenoxy) is 11. The molecule has 13 heteroatoms. The van der Waals surface area contributed by atoms with Gasteiger partial charge < -0.3 is 62.3 Å². The van der Waals surface area contributed by atoms with Gasteiger partial charge in [0.2, 0.25) is 0 Å². The lowest BCUT2D eigenvalue weighted by molar-refractivity contribution is -0.345. The monoisotopic (exact) mass is 594 g/mol. The highest BCUT2D eigenvalue weighted by atomic mass is 16.8. The van der Waals surface area contributed by atoms with Crippen molar-refractivity contribution in [3.05, 3.63) is 0 Å². The molecule has 4 aliphatic heterocycles. The summed E-state index contributed by atoms with van der Waals surface area (Å²) in [5, 5.41) is 20.2. The smallest absolute Gasteiger partial charge is 0.161 e. The van der Waals surface area contributed by atoms with Crippen LogP contribution in [0.1, 0.15) is 53.4 Å². The molecule has 4 saturated heterocycles. The van der Waals surface area contributed by atoms with Gasteiger partial charge in [-0.25, -0.2) is 0 Å². The largest absolute Gasteiger partial charge is 0.388 e. The minimum absolute atomic E-state index is 0.316. The first kappa shape index (κ1) is 33.4. The highest BCUT2D eigenvalue weighted by Gasteiger charge is 2.47. The van der Waals surface area contributed by atoms with Gasteiger partial charge in [0.1, 0.15) is 24.4 Å². The minimum atomic E-state index is -0.891. The fraction of sp³-hybridized carbons (Fsp3) is 1.00. The quantitative estimate of drug-likeness (QED) is 0.373. The Labute approximate surface area is 242 Å². The number of methoxy groups -OCH3 is 4. The molecule has 0 amide bonds. The van der Waals surface area contributed by atoms with Crippen molar-refractivity contribution >= 4 is 0 Å². The third-order valence-electron chi connectivity index (χ3n) is 8.67. The number of hydrogen-bond donors (Lipinski definition) is 2. The second kappa shape index (κ2) is 15.0. The van der Waals surface area contributed by atoms with Gasteiger partial charge in [-0.3, -0.25) is 0 Å². The van der Waals surface area contributed by atoms with Crippen LogP contribution in [0, 0.1) is 0 Å². The third kappa shape index (κ3) is 7.96. The summed E-state index contributed by atoms with van der Waals surface area (Å²) in [5.41, 5.74) is 0.